The quantitative estimate of drug-likeness (QED) is 0.844. The molecule has 5 nitrogen and oxygen atoms in total. The maximum atomic E-state index is 12.5. The summed E-state index contributed by atoms with van der Waals surface area (Å²) in [4.78, 5) is 25.5. The molecule has 0 radical (unpaired) electrons. The highest BCUT2D eigenvalue weighted by atomic mass is 16.2. The lowest BCUT2D eigenvalue weighted by molar-refractivity contribution is -0.131. The predicted molar refractivity (Wildman–Crippen MR) is 78.3 cm³/mol. The van der Waals surface area contributed by atoms with Gasteiger partial charge in [-0.2, -0.15) is 5.26 Å². The van der Waals surface area contributed by atoms with Crippen LogP contribution < -0.4 is 5.32 Å². The van der Waals surface area contributed by atoms with Crippen molar-refractivity contribution >= 4 is 11.9 Å². The van der Waals surface area contributed by atoms with Crippen molar-refractivity contribution in [1.82, 2.24) is 10.2 Å². The molecule has 1 heterocycles. The van der Waals surface area contributed by atoms with Crippen LogP contribution in [0.4, 0.5) is 4.79 Å². The van der Waals surface area contributed by atoms with Crippen LogP contribution in [0, 0.1) is 11.3 Å². The van der Waals surface area contributed by atoms with Crippen LogP contribution in [0.2, 0.25) is 0 Å². The molecule has 1 aromatic rings. The molecular formula is C16H19N3O2. The van der Waals surface area contributed by atoms with E-state index in [1.165, 1.54) is 5.56 Å². The number of urea groups is 1. The molecule has 1 aliphatic heterocycles. The molecule has 110 valence electrons. The van der Waals surface area contributed by atoms with E-state index in [9.17, 15) is 9.59 Å². The standard InChI is InChI=1S/C16H19N3O2/c1-3-5-12-6-8-13(9-7-12)16(2)14(20)19(11-4-10-17)15(21)18-16/h6-9H,3-5,11H2,1-2H3,(H,18,21). The van der Waals surface area contributed by atoms with Crippen LogP contribution in [0.3, 0.4) is 0 Å². The summed E-state index contributed by atoms with van der Waals surface area (Å²) in [5, 5.41) is 11.3. The highest BCUT2D eigenvalue weighted by Gasteiger charge is 2.48. The van der Waals surface area contributed by atoms with Crippen LogP contribution >= 0.6 is 0 Å². The van der Waals surface area contributed by atoms with Crippen LogP contribution in [0.25, 0.3) is 0 Å². The van der Waals surface area contributed by atoms with E-state index in [0.717, 1.165) is 23.3 Å². The number of amides is 3. The van der Waals surface area contributed by atoms with Gasteiger partial charge in [-0.1, -0.05) is 37.6 Å². The van der Waals surface area contributed by atoms with Gasteiger partial charge in [-0.25, -0.2) is 4.79 Å². The van der Waals surface area contributed by atoms with Crippen LogP contribution in [0.1, 0.15) is 37.8 Å². The first-order valence-corrected chi connectivity index (χ1v) is 7.13. The Balaban J connectivity index is 2.24. The Kier molecular flexibility index (Phi) is 4.27. The first kappa shape index (κ1) is 15.0. The lowest BCUT2D eigenvalue weighted by Gasteiger charge is -2.22. The predicted octanol–water partition coefficient (Wildman–Crippen LogP) is 2.32. The van der Waals surface area contributed by atoms with Crippen LogP contribution in [0.15, 0.2) is 24.3 Å². The maximum Gasteiger partial charge on any atom is 0.325 e. The third-order valence-electron chi connectivity index (χ3n) is 3.79. The highest BCUT2D eigenvalue weighted by Crippen LogP contribution is 2.29. The Morgan fingerprint density at radius 1 is 1.29 bits per heavy atom. The molecule has 3 amide bonds. The SMILES string of the molecule is CCCc1ccc(C2(C)NC(=O)N(CCC#N)C2=O)cc1. The molecule has 1 atom stereocenters. The van der Waals surface area contributed by atoms with Gasteiger partial charge in [0.25, 0.3) is 5.91 Å². The fraction of sp³-hybridized carbons (Fsp3) is 0.438. The summed E-state index contributed by atoms with van der Waals surface area (Å²) in [5.41, 5.74) is 0.931. The number of nitrogens with zero attached hydrogens (tertiary/aromatic N) is 2. The van der Waals surface area contributed by atoms with E-state index >= 15 is 0 Å². The number of imide groups is 1. The fourth-order valence-electron chi connectivity index (χ4n) is 2.55. The van der Waals surface area contributed by atoms with Crippen molar-refractivity contribution < 1.29 is 9.59 Å². The molecule has 0 spiro atoms. The summed E-state index contributed by atoms with van der Waals surface area (Å²) in [6.07, 6.45) is 2.20. The van der Waals surface area contributed by atoms with E-state index in [-0.39, 0.29) is 18.9 Å². The Morgan fingerprint density at radius 3 is 2.52 bits per heavy atom. The van der Waals surface area contributed by atoms with Gasteiger partial charge in [0.1, 0.15) is 5.54 Å². The molecular weight excluding hydrogens is 266 g/mol. The molecule has 0 aromatic heterocycles. The topological polar surface area (TPSA) is 73.2 Å². The molecule has 5 heteroatoms. The average molecular weight is 285 g/mol. The lowest BCUT2D eigenvalue weighted by atomic mass is 9.91. The van der Waals surface area contributed by atoms with Gasteiger partial charge in [-0.15, -0.1) is 0 Å². The van der Waals surface area contributed by atoms with Crippen molar-refractivity contribution in [3.8, 4) is 6.07 Å². The lowest BCUT2D eigenvalue weighted by Crippen LogP contribution is -2.41. The second-order valence-electron chi connectivity index (χ2n) is 5.37. The number of nitrogens with one attached hydrogen (secondary N) is 1. The summed E-state index contributed by atoms with van der Waals surface area (Å²) in [6.45, 7) is 3.95. The minimum absolute atomic E-state index is 0.130. The molecule has 0 saturated carbocycles. The zero-order valence-corrected chi connectivity index (χ0v) is 12.3. The molecule has 0 bridgehead atoms. The van der Waals surface area contributed by atoms with E-state index in [4.69, 9.17) is 5.26 Å². The number of hydrogen-bond donors (Lipinski definition) is 1. The number of aryl methyl sites for hydroxylation is 1. The minimum atomic E-state index is -1.04. The average Bonchev–Trinajstić information content (AvgIpc) is 2.69. The van der Waals surface area contributed by atoms with Gasteiger partial charge in [-0.3, -0.25) is 9.69 Å². The van der Waals surface area contributed by atoms with Gasteiger partial charge >= 0.3 is 6.03 Å². The normalized spacial score (nSPS) is 21.3. The Morgan fingerprint density at radius 2 is 1.95 bits per heavy atom. The van der Waals surface area contributed by atoms with Gasteiger partial charge in [0.15, 0.2) is 0 Å². The number of nitriles is 1. The monoisotopic (exact) mass is 285 g/mol. The van der Waals surface area contributed by atoms with E-state index in [0.29, 0.717) is 0 Å². The molecule has 1 unspecified atom stereocenters. The summed E-state index contributed by atoms with van der Waals surface area (Å²) in [6, 6.07) is 9.26. The van der Waals surface area contributed by atoms with Crippen molar-refractivity contribution in [3.63, 3.8) is 0 Å². The number of benzene rings is 1. The molecule has 1 aromatic carbocycles. The Bertz CT molecular complexity index is 589. The molecule has 1 aliphatic rings. The van der Waals surface area contributed by atoms with E-state index in [1.807, 2.05) is 30.3 Å². The fourth-order valence-corrected chi connectivity index (χ4v) is 2.55. The van der Waals surface area contributed by atoms with Crippen molar-refractivity contribution in [3.05, 3.63) is 35.4 Å². The highest BCUT2D eigenvalue weighted by molar-refractivity contribution is 6.07. The molecule has 1 saturated heterocycles. The molecule has 0 aliphatic carbocycles. The van der Waals surface area contributed by atoms with E-state index < -0.39 is 11.6 Å². The summed E-state index contributed by atoms with van der Waals surface area (Å²) in [5.74, 6) is -0.300. The van der Waals surface area contributed by atoms with Crippen molar-refractivity contribution in [2.75, 3.05) is 6.54 Å². The van der Waals surface area contributed by atoms with Crippen molar-refractivity contribution in [1.29, 1.82) is 5.26 Å². The van der Waals surface area contributed by atoms with Gasteiger partial charge in [0.2, 0.25) is 0 Å². The van der Waals surface area contributed by atoms with Gasteiger partial charge in [0, 0.05) is 6.54 Å². The maximum absolute atomic E-state index is 12.5. The first-order valence-electron chi connectivity index (χ1n) is 7.13. The minimum Gasteiger partial charge on any atom is -0.319 e. The summed E-state index contributed by atoms with van der Waals surface area (Å²) in [7, 11) is 0. The zero-order valence-electron chi connectivity index (χ0n) is 12.3. The Labute approximate surface area is 124 Å². The van der Waals surface area contributed by atoms with E-state index in [1.54, 1.807) is 6.92 Å². The first-order chi connectivity index (χ1) is 10.0. The molecule has 1 N–H and O–H groups in total. The van der Waals surface area contributed by atoms with Gasteiger partial charge in [-0.05, 0) is 24.5 Å². The van der Waals surface area contributed by atoms with Crippen LogP contribution in [0.5, 0.6) is 0 Å². The number of hydrogen-bond acceptors (Lipinski definition) is 3. The Hall–Kier alpha value is -2.35. The van der Waals surface area contributed by atoms with Crippen LogP contribution in [-0.4, -0.2) is 23.4 Å². The third kappa shape index (κ3) is 2.75. The van der Waals surface area contributed by atoms with Gasteiger partial charge in [0.05, 0.1) is 12.5 Å². The number of carbonyl (C=O) groups excluding carboxylic acids is 2. The molecule has 2 rings (SSSR count). The number of carbonyl (C=O) groups is 2. The van der Waals surface area contributed by atoms with Crippen LogP contribution in [-0.2, 0) is 16.8 Å². The van der Waals surface area contributed by atoms with E-state index in [2.05, 4.69) is 12.2 Å². The summed E-state index contributed by atoms with van der Waals surface area (Å²) >= 11 is 0. The van der Waals surface area contributed by atoms with Crippen molar-refractivity contribution in [2.24, 2.45) is 0 Å². The zero-order chi connectivity index (χ0) is 15.5. The third-order valence-corrected chi connectivity index (χ3v) is 3.79. The number of rotatable bonds is 5. The second-order valence-corrected chi connectivity index (χ2v) is 5.37. The largest absolute Gasteiger partial charge is 0.325 e. The summed E-state index contributed by atoms with van der Waals surface area (Å²) < 4.78 is 0. The smallest absolute Gasteiger partial charge is 0.319 e. The molecule has 1 fully saturated rings. The molecule has 21 heavy (non-hydrogen) atoms. The van der Waals surface area contributed by atoms with Crippen molar-refractivity contribution in [2.45, 2.75) is 38.6 Å². The van der Waals surface area contributed by atoms with Gasteiger partial charge < -0.3 is 5.32 Å². The second kappa shape index (κ2) is 5.96.